The average Bonchev–Trinajstić information content (AvgIpc) is 1.90. The fraction of sp³-hybridized carbons (Fsp3) is 1.00. The first-order chi connectivity index (χ1) is 4.85. The van der Waals surface area contributed by atoms with Gasteiger partial charge in [0.1, 0.15) is 0 Å². The highest BCUT2D eigenvalue weighted by Crippen LogP contribution is 2.38. The van der Waals surface area contributed by atoms with Gasteiger partial charge in [-0.25, -0.2) is 0 Å². The van der Waals surface area contributed by atoms with Crippen LogP contribution in [-0.4, -0.2) is 19.8 Å². The smallest absolute Gasteiger partial charge is 0.313 e. The van der Waals surface area contributed by atoms with Gasteiger partial charge >= 0.3 is 8.60 Å². The van der Waals surface area contributed by atoms with E-state index in [2.05, 4.69) is 0 Å². The maximum atomic E-state index is 5.14. The van der Waals surface area contributed by atoms with Gasteiger partial charge < -0.3 is 13.6 Å². The van der Waals surface area contributed by atoms with Crippen molar-refractivity contribution in [3.8, 4) is 0 Å². The Morgan fingerprint density at radius 1 is 0.750 bits per heavy atom. The summed E-state index contributed by atoms with van der Waals surface area (Å²) < 4.78 is 15.4. The molecule has 6 heteroatoms. The molecular formula is C6H17Cl2O3P. The summed E-state index contributed by atoms with van der Waals surface area (Å²) in [6, 6.07) is 0. The Bertz CT molecular complexity index is 63.5. The summed E-state index contributed by atoms with van der Waals surface area (Å²) in [4.78, 5) is 0. The first-order valence-corrected chi connectivity index (χ1v) is 4.63. The lowest BCUT2D eigenvalue weighted by Crippen LogP contribution is -1.94. The van der Waals surface area contributed by atoms with Crippen LogP contribution in [0.4, 0.5) is 0 Å². The summed E-state index contributed by atoms with van der Waals surface area (Å²) in [6.07, 6.45) is 0. The van der Waals surface area contributed by atoms with E-state index < -0.39 is 8.60 Å². The van der Waals surface area contributed by atoms with E-state index in [1.807, 2.05) is 20.8 Å². The maximum absolute atomic E-state index is 5.14. The van der Waals surface area contributed by atoms with Crippen LogP contribution in [0.2, 0.25) is 0 Å². The zero-order valence-corrected chi connectivity index (χ0v) is 10.1. The molecule has 0 fully saturated rings. The topological polar surface area (TPSA) is 27.7 Å². The van der Waals surface area contributed by atoms with Gasteiger partial charge in [-0.15, -0.1) is 24.8 Å². The van der Waals surface area contributed by atoms with E-state index in [9.17, 15) is 0 Å². The zero-order valence-electron chi connectivity index (χ0n) is 7.61. The van der Waals surface area contributed by atoms with E-state index >= 15 is 0 Å². The molecule has 0 spiro atoms. The van der Waals surface area contributed by atoms with Crippen molar-refractivity contribution in [1.82, 2.24) is 0 Å². The molecule has 78 valence electrons. The minimum Gasteiger partial charge on any atom is -0.313 e. The SMILES string of the molecule is CCOP(OCC)OCC.Cl.Cl. The summed E-state index contributed by atoms with van der Waals surface area (Å²) in [6.45, 7) is 7.71. The lowest BCUT2D eigenvalue weighted by atomic mass is 10.9. The van der Waals surface area contributed by atoms with E-state index in [1.165, 1.54) is 0 Å². The molecule has 0 aromatic rings. The Labute approximate surface area is 88.0 Å². The summed E-state index contributed by atoms with van der Waals surface area (Å²) in [5.74, 6) is 0. The molecule has 0 unspecified atom stereocenters. The molecule has 0 aromatic heterocycles. The minimum atomic E-state index is -1.06. The van der Waals surface area contributed by atoms with Crippen molar-refractivity contribution in [1.29, 1.82) is 0 Å². The molecule has 0 aliphatic heterocycles. The quantitative estimate of drug-likeness (QED) is 0.666. The van der Waals surface area contributed by atoms with Crippen LogP contribution in [0.5, 0.6) is 0 Å². The third kappa shape index (κ3) is 10.9. The van der Waals surface area contributed by atoms with Crippen LogP contribution < -0.4 is 0 Å². The molecule has 0 radical (unpaired) electrons. The van der Waals surface area contributed by atoms with Crippen molar-refractivity contribution in [2.24, 2.45) is 0 Å². The molecule has 0 amide bonds. The lowest BCUT2D eigenvalue weighted by molar-refractivity contribution is 0.176. The molecule has 0 heterocycles. The number of hydrogen-bond acceptors (Lipinski definition) is 3. The second-order valence-electron chi connectivity index (χ2n) is 1.48. The Morgan fingerprint density at radius 3 is 1.17 bits per heavy atom. The highest BCUT2D eigenvalue weighted by Gasteiger charge is 2.07. The lowest BCUT2D eigenvalue weighted by Gasteiger charge is -2.12. The molecule has 0 atom stereocenters. The van der Waals surface area contributed by atoms with Crippen LogP contribution in [0, 0.1) is 0 Å². The summed E-state index contributed by atoms with van der Waals surface area (Å²) in [5, 5.41) is 0. The van der Waals surface area contributed by atoms with Gasteiger partial charge in [-0.1, -0.05) is 0 Å². The van der Waals surface area contributed by atoms with Gasteiger partial charge in [0.2, 0.25) is 0 Å². The molecule has 0 N–H and O–H groups in total. The molecule has 12 heavy (non-hydrogen) atoms. The van der Waals surface area contributed by atoms with Crippen LogP contribution in [0.3, 0.4) is 0 Å². The molecule has 0 rings (SSSR count). The summed E-state index contributed by atoms with van der Waals surface area (Å²) in [5.41, 5.74) is 0. The first-order valence-electron chi connectivity index (χ1n) is 3.54. The van der Waals surface area contributed by atoms with Gasteiger partial charge in [0.15, 0.2) is 0 Å². The van der Waals surface area contributed by atoms with Gasteiger partial charge in [0.25, 0.3) is 0 Å². The predicted molar refractivity (Wildman–Crippen MR) is 56.3 cm³/mol. The Morgan fingerprint density at radius 2 is 1.00 bits per heavy atom. The third-order valence-electron chi connectivity index (χ3n) is 0.704. The Hall–Kier alpha value is 0.890. The van der Waals surface area contributed by atoms with E-state index in [4.69, 9.17) is 13.6 Å². The van der Waals surface area contributed by atoms with Crippen LogP contribution in [0.25, 0.3) is 0 Å². The van der Waals surface area contributed by atoms with Gasteiger partial charge in [-0.05, 0) is 20.8 Å². The van der Waals surface area contributed by atoms with Crippen molar-refractivity contribution < 1.29 is 13.6 Å². The normalized spacial score (nSPS) is 9.00. The molecular weight excluding hydrogens is 222 g/mol. The number of rotatable bonds is 6. The second-order valence-corrected chi connectivity index (χ2v) is 2.70. The Balaban J connectivity index is -0.000000405. The Kier molecular flexibility index (Phi) is 22.4. The highest BCUT2D eigenvalue weighted by molar-refractivity contribution is 7.41. The molecule has 0 saturated heterocycles. The molecule has 0 aliphatic rings. The van der Waals surface area contributed by atoms with Crippen molar-refractivity contribution in [3.05, 3.63) is 0 Å². The number of hydrogen-bond donors (Lipinski definition) is 0. The fourth-order valence-corrected chi connectivity index (χ4v) is 1.28. The first kappa shape index (κ1) is 18.6. The summed E-state index contributed by atoms with van der Waals surface area (Å²) in [7, 11) is -1.06. The summed E-state index contributed by atoms with van der Waals surface area (Å²) >= 11 is 0. The standard InChI is InChI=1S/C6H15O3P.2ClH/c1-4-7-10(8-5-2)9-6-3;;/h4-6H2,1-3H3;2*1H. The molecule has 3 nitrogen and oxygen atoms in total. The van der Waals surface area contributed by atoms with E-state index in [0.717, 1.165) is 0 Å². The van der Waals surface area contributed by atoms with Crippen LogP contribution >= 0.6 is 33.4 Å². The third-order valence-corrected chi connectivity index (χ3v) is 2.11. The number of halogens is 2. The van der Waals surface area contributed by atoms with Crippen molar-refractivity contribution in [2.75, 3.05) is 19.8 Å². The molecule has 0 bridgehead atoms. The van der Waals surface area contributed by atoms with Crippen LogP contribution in [0.1, 0.15) is 20.8 Å². The monoisotopic (exact) mass is 238 g/mol. The van der Waals surface area contributed by atoms with Gasteiger partial charge in [-0.3, -0.25) is 0 Å². The van der Waals surface area contributed by atoms with Crippen molar-refractivity contribution in [3.63, 3.8) is 0 Å². The largest absolute Gasteiger partial charge is 0.332 e. The fourth-order valence-electron chi connectivity index (χ4n) is 0.428. The highest BCUT2D eigenvalue weighted by atomic mass is 35.5. The molecule has 0 saturated carbocycles. The minimum absolute atomic E-state index is 0. The molecule has 0 aromatic carbocycles. The van der Waals surface area contributed by atoms with Gasteiger partial charge in [0.05, 0.1) is 19.8 Å². The van der Waals surface area contributed by atoms with E-state index in [0.29, 0.717) is 19.8 Å². The maximum Gasteiger partial charge on any atom is 0.332 e. The average molecular weight is 239 g/mol. The molecule has 0 aliphatic carbocycles. The van der Waals surface area contributed by atoms with Gasteiger partial charge in [-0.2, -0.15) is 0 Å². The van der Waals surface area contributed by atoms with E-state index in [1.54, 1.807) is 0 Å². The zero-order chi connectivity index (χ0) is 7.82. The predicted octanol–water partition coefficient (Wildman–Crippen LogP) is 3.17. The van der Waals surface area contributed by atoms with Crippen molar-refractivity contribution in [2.45, 2.75) is 20.8 Å². The van der Waals surface area contributed by atoms with Crippen molar-refractivity contribution >= 4 is 33.4 Å². The van der Waals surface area contributed by atoms with E-state index in [-0.39, 0.29) is 24.8 Å². The van der Waals surface area contributed by atoms with Gasteiger partial charge in [0, 0.05) is 0 Å². The second kappa shape index (κ2) is 14.4. The van der Waals surface area contributed by atoms with Crippen LogP contribution in [-0.2, 0) is 13.6 Å². The van der Waals surface area contributed by atoms with Crippen LogP contribution in [0.15, 0.2) is 0 Å².